The second kappa shape index (κ2) is 3.00. The number of nitriles is 1. The predicted octanol–water partition coefficient (Wildman–Crippen LogP) is 2.97. The molecule has 2 aromatic rings. The molecule has 1 aromatic heterocycles. The lowest BCUT2D eigenvalue weighted by Crippen LogP contribution is -1.85. The number of thiophene rings is 1. The van der Waals surface area contributed by atoms with Gasteiger partial charge in [0.2, 0.25) is 0 Å². The first-order valence-electron chi connectivity index (χ1n) is 4.33. The molecule has 1 heterocycles. The second-order valence-electron chi connectivity index (χ2n) is 3.33. The molecule has 0 fully saturated rings. The summed E-state index contributed by atoms with van der Waals surface area (Å²) in [5.41, 5.74) is 8.77. The Morgan fingerprint density at radius 1 is 1.36 bits per heavy atom. The molecule has 0 aliphatic carbocycles. The Hall–Kier alpha value is -1.53. The van der Waals surface area contributed by atoms with Crippen molar-refractivity contribution in [2.75, 3.05) is 5.73 Å². The average molecular weight is 202 g/mol. The van der Waals surface area contributed by atoms with Crippen LogP contribution in [0, 0.1) is 25.2 Å². The van der Waals surface area contributed by atoms with E-state index in [1.165, 1.54) is 16.9 Å². The summed E-state index contributed by atoms with van der Waals surface area (Å²) in [5.74, 6) is 0. The minimum Gasteiger partial charge on any atom is -0.389 e. The van der Waals surface area contributed by atoms with E-state index >= 15 is 0 Å². The van der Waals surface area contributed by atoms with Gasteiger partial charge in [-0.3, -0.25) is 0 Å². The van der Waals surface area contributed by atoms with Gasteiger partial charge in [0.15, 0.2) is 0 Å². The first kappa shape index (κ1) is 9.04. The smallest absolute Gasteiger partial charge is 0.105 e. The number of anilines is 1. The largest absolute Gasteiger partial charge is 0.389 e. The molecular formula is C11H10N2S. The number of hydrogen-bond donors (Lipinski definition) is 1. The number of hydrogen-bond acceptors (Lipinski definition) is 3. The maximum atomic E-state index is 9.00. The highest BCUT2D eigenvalue weighted by Gasteiger charge is 2.12. The van der Waals surface area contributed by atoms with Gasteiger partial charge in [-0.2, -0.15) is 5.26 Å². The van der Waals surface area contributed by atoms with Gasteiger partial charge in [0.25, 0.3) is 0 Å². The fourth-order valence-corrected chi connectivity index (χ4v) is 2.57. The SMILES string of the molecule is Cc1ccc2sc(N)c(C#N)c2c1C. The number of benzene rings is 1. The van der Waals surface area contributed by atoms with E-state index in [4.69, 9.17) is 11.0 Å². The number of rotatable bonds is 0. The first-order valence-corrected chi connectivity index (χ1v) is 5.15. The van der Waals surface area contributed by atoms with E-state index in [0.717, 1.165) is 15.6 Å². The molecule has 70 valence electrons. The zero-order valence-electron chi connectivity index (χ0n) is 8.09. The van der Waals surface area contributed by atoms with Crippen LogP contribution in [0.4, 0.5) is 5.00 Å². The maximum absolute atomic E-state index is 9.00. The normalized spacial score (nSPS) is 10.4. The van der Waals surface area contributed by atoms with E-state index in [0.29, 0.717) is 10.6 Å². The van der Waals surface area contributed by atoms with Crippen molar-refractivity contribution in [3.05, 3.63) is 28.8 Å². The van der Waals surface area contributed by atoms with Crippen molar-refractivity contribution in [2.24, 2.45) is 0 Å². The Kier molecular flexibility index (Phi) is 1.94. The van der Waals surface area contributed by atoms with E-state index in [9.17, 15) is 0 Å². The molecule has 2 N–H and O–H groups in total. The van der Waals surface area contributed by atoms with Crippen LogP contribution in [0.5, 0.6) is 0 Å². The molecule has 0 radical (unpaired) electrons. The van der Waals surface area contributed by atoms with Crippen molar-refractivity contribution >= 4 is 26.4 Å². The Morgan fingerprint density at radius 3 is 2.71 bits per heavy atom. The summed E-state index contributed by atoms with van der Waals surface area (Å²) in [7, 11) is 0. The van der Waals surface area contributed by atoms with E-state index in [2.05, 4.69) is 12.1 Å². The molecule has 14 heavy (non-hydrogen) atoms. The third-order valence-electron chi connectivity index (χ3n) is 2.53. The molecule has 0 saturated carbocycles. The Balaban J connectivity index is 3.00. The van der Waals surface area contributed by atoms with Gasteiger partial charge < -0.3 is 5.73 Å². The van der Waals surface area contributed by atoms with Gasteiger partial charge in [-0.1, -0.05) is 6.07 Å². The molecule has 2 rings (SSSR count). The predicted molar refractivity (Wildman–Crippen MR) is 60.4 cm³/mol. The number of nitrogen functional groups attached to an aromatic ring is 1. The zero-order chi connectivity index (χ0) is 10.3. The Labute approximate surface area is 86.6 Å². The third kappa shape index (κ3) is 1.08. The molecule has 1 aromatic carbocycles. The fraction of sp³-hybridized carbons (Fsp3) is 0.182. The van der Waals surface area contributed by atoms with Gasteiger partial charge in [0.1, 0.15) is 11.1 Å². The van der Waals surface area contributed by atoms with Crippen molar-refractivity contribution in [3.8, 4) is 6.07 Å². The van der Waals surface area contributed by atoms with Crippen LogP contribution in [0.3, 0.4) is 0 Å². The van der Waals surface area contributed by atoms with Crippen LogP contribution in [0.15, 0.2) is 12.1 Å². The highest BCUT2D eigenvalue weighted by Crippen LogP contribution is 2.35. The van der Waals surface area contributed by atoms with E-state index in [1.54, 1.807) is 0 Å². The molecule has 0 saturated heterocycles. The third-order valence-corrected chi connectivity index (χ3v) is 3.51. The lowest BCUT2D eigenvalue weighted by atomic mass is 10.0. The highest BCUT2D eigenvalue weighted by molar-refractivity contribution is 7.23. The minimum absolute atomic E-state index is 0.621. The molecule has 3 heteroatoms. The summed E-state index contributed by atoms with van der Waals surface area (Å²) in [6, 6.07) is 6.26. The number of fused-ring (bicyclic) bond motifs is 1. The number of nitrogens with two attached hydrogens (primary N) is 1. The monoisotopic (exact) mass is 202 g/mol. The Morgan fingerprint density at radius 2 is 2.07 bits per heavy atom. The first-order chi connectivity index (χ1) is 6.65. The molecule has 0 atom stereocenters. The summed E-state index contributed by atoms with van der Waals surface area (Å²) in [6.07, 6.45) is 0. The second-order valence-corrected chi connectivity index (χ2v) is 4.42. The minimum atomic E-state index is 0.621. The van der Waals surface area contributed by atoms with Crippen LogP contribution < -0.4 is 5.73 Å². The van der Waals surface area contributed by atoms with Gasteiger partial charge in [0.05, 0.1) is 5.56 Å². The summed E-state index contributed by atoms with van der Waals surface area (Å²) < 4.78 is 1.10. The lowest BCUT2D eigenvalue weighted by Gasteiger charge is -2.00. The molecule has 2 nitrogen and oxygen atoms in total. The van der Waals surface area contributed by atoms with Gasteiger partial charge in [-0.15, -0.1) is 11.3 Å². The van der Waals surface area contributed by atoms with Crippen LogP contribution >= 0.6 is 11.3 Å². The molecular weight excluding hydrogens is 192 g/mol. The molecule has 0 amide bonds. The fourth-order valence-electron chi connectivity index (χ4n) is 1.59. The van der Waals surface area contributed by atoms with Crippen molar-refractivity contribution in [1.29, 1.82) is 5.26 Å². The Bertz CT molecular complexity index is 546. The van der Waals surface area contributed by atoms with Crippen LogP contribution in [0.1, 0.15) is 16.7 Å². The molecule has 0 aliphatic heterocycles. The topological polar surface area (TPSA) is 49.8 Å². The molecule has 0 aliphatic rings. The van der Waals surface area contributed by atoms with Crippen LogP contribution in [-0.4, -0.2) is 0 Å². The lowest BCUT2D eigenvalue weighted by molar-refractivity contribution is 1.38. The summed E-state index contributed by atoms with van der Waals surface area (Å²) in [4.78, 5) is 0. The van der Waals surface area contributed by atoms with Gasteiger partial charge in [-0.25, -0.2) is 0 Å². The number of aryl methyl sites for hydroxylation is 2. The van der Waals surface area contributed by atoms with E-state index in [-0.39, 0.29) is 0 Å². The van der Waals surface area contributed by atoms with Crippen LogP contribution in [0.25, 0.3) is 10.1 Å². The summed E-state index contributed by atoms with van der Waals surface area (Å²) in [6.45, 7) is 4.08. The molecule has 0 unspecified atom stereocenters. The highest BCUT2D eigenvalue weighted by atomic mass is 32.1. The average Bonchev–Trinajstić information content (AvgIpc) is 2.48. The zero-order valence-corrected chi connectivity index (χ0v) is 8.90. The summed E-state index contributed by atoms with van der Waals surface area (Å²) in [5, 5.41) is 10.6. The van der Waals surface area contributed by atoms with E-state index < -0.39 is 0 Å². The van der Waals surface area contributed by atoms with Crippen molar-refractivity contribution in [2.45, 2.75) is 13.8 Å². The van der Waals surface area contributed by atoms with Crippen molar-refractivity contribution in [3.63, 3.8) is 0 Å². The van der Waals surface area contributed by atoms with Gasteiger partial charge in [0, 0.05) is 10.1 Å². The van der Waals surface area contributed by atoms with Crippen molar-refractivity contribution < 1.29 is 0 Å². The number of nitrogens with zero attached hydrogens (tertiary/aromatic N) is 1. The molecule has 0 spiro atoms. The van der Waals surface area contributed by atoms with Crippen LogP contribution in [0.2, 0.25) is 0 Å². The maximum Gasteiger partial charge on any atom is 0.105 e. The quantitative estimate of drug-likeness (QED) is 0.714. The standard InChI is InChI=1S/C11H10N2S/c1-6-3-4-9-10(7(6)2)8(5-12)11(13)14-9/h3-4H,13H2,1-2H3. The van der Waals surface area contributed by atoms with Crippen LogP contribution in [-0.2, 0) is 0 Å². The summed E-state index contributed by atoms with van der Waals surface area (Å²) >= 11 is 1.48. The van der Waals surface area contributed by atoms with E-state index in [1.807, 2.05) is 19.9 Å². The van der Waals surface area contributed by atoms with Gasteiger partial charge in [-0.05, 0) is 31.0 Å². The molecule has 0 bridgehead atoms. The van der Waals surface area contributed by atoms with Gasteiger partial charge >= 0.3 is 0 Å². The van der Waals surface area contributed by atoms with Crippen molar-refractivity contribution in [1.82, 2.24) is 0 Å².